The molecule has 0 bridgehead atoms. The molecule has 0 aliphatic carbocycles. The van der Waals surface area contributed by atoms with Crippen molar-refractivity contribution in [3.8, 4) is 0 Å². The maximum absolute atomic E-state index is 14.5. The van der Waals surface area contributed by atoms with Crippen molar-refractivity contribution in [2.75, 3.05) is 14.2 Å². The van der Waals surface area contributed by atoms with Crippen LogP contribution >= 0.6 is 11.6 Å². The summed E-state index contributed by atoms with van der Waals surface area (Å²) in [7, 11) is 0.0183. The first-order valence-electron chi connectivity index (χ1n) is 9.02. The maximum Gasteiger partial charge on any atom is 0.266 e. The van der Waals surface area contributed by atoms with Gasteiger partial charge in [-0.25, -0.2) is 17.8 Å². The molecule has 2 aromatic carbocycles. The molecule has 0 saturated heterocycles. The lowest BCUT2D eigenvalue weighted by Crippen LogP contribution is -2.32. The van der Waals surface area contributed by atoms with Crippen molar-refractivity contribution >= 4 is 27.5 Å². The number of aryl methyl sites for hydroxylation is 1. The minimum absolute atomic E-state index is 0.0167. The normalized spacial score (nSPS) is 12.7. The van der Waals surface area contributed by atoms with E-state index in [0.717, 1.165) is 6.07 Å². The second kappa shape index (κ2) is 9.15. The third-order valence-electron chi connectivity index (χ3n) is 4.68. The predicted molar refractivity (Wildman–Crippen MR) is 112 cm³/mol. The van der Waals surface area contributed by atoms with E-state index in [1.54, 1.807) is 36.0 Å². The quantitative estimate of drug-likeness (QED) is 0.540. The zero-order valence-corrected chi connectivity index (χ0v) is 18.5. The first-order valence-corrected chi connectivity index (χ1v) is 10.8. The Balaban J connectivity index is 2.01. The Kier molecular flexibility index (Phi) is 6.75. The number of imidazole rings is 1. The van der Waals surface area contributed by atoms with Gasteiger partial charge in [-0.1, -0.05) is 34.3 Å². The molecule has 3 aromatic rings. The van der Waals surface area contributed by atoms with E-state index in [1.165, 1.54) is 38.6 Å². The molecule has 1 aromatic heterocycles. The van der Waals surface area contributed by atoms with Gasteiger partial charge in [0.05, 0.1) is 12.1 Å². The number of benzene rings is 2. The molecule has 0 aliphatic rings. The molecule has 0 unspecified atom stereocenters. The molecule has 0 aliphatic heterocycles. The number of halogens is 2. The van der Waals surface area contributed by atoms with Crippen molar-refractivity contribution in [3.05, 3.63) is 82.6 Å². The Labute approximate surface area is 184 Å². The summed E-state index contributed by atoms with van der Waals surface area (Å²) in [6.45, 7) is 0. The topological polar surface area (TPSA) is 93.5 Å². The molecule has 0 radical (unpaired) electrons. The van der Waals surface area contributed by atoms with Gasteiger partial charge in [0.1, 0.15) is 22.6 Å². The lowest BCUT2D eigenvalue weighted by molar-refractivity contribution is -0.0258. The van der Waals surface area contributed by atoms with Crippen LogP contribution in [0.25, 0.3) is 0 Å². The number of carbonyl (C=O) groups excluding carboxylic acids is 1. The molecular formula is C20H20ClFN4O4S. The van der Waals surface area contributed by atoms with E-state index in [4.69, 9.17) is 16.4 Å². The lowest BCUT2D eigenvalue weighted by atomic mass is 10.0. The molecule has 11 heteroatoms. The van der Waals surface area contributed by atoms with E-state index in [2.05, 4.69) is 10.3 Å². The fraction of sp³-hybridized carbons (Fsp3) is 0.200. The molecule has 31 heavy (non-hydrogen) atoms. The summed E-state index contributed by atoms with van der Waals surface area (Å²) in [5.74, 6) is -0.749. The fourth-order valence-corrected chi connectivity index (χ4v) is 4.41. The molecule has 8 nitrogen and oxygen atoms in total. The van der Waals surface area contributed by atoms with Crippen molar-refractivity contribution in [1.82, 2.24) is 19.3 Å². The summed E-state index contributed by atoms with van der Waals surface area (Å²) < 4.78 is 42.0. The van der Waals surface area contributed by atoms with Gasteiger partial charge in [0, 0.05) is 37.6 Å². The highest BCUT2D eigenvalue weighted by Gasteiger charge is 2.27. The number of amides is 1. The number of hydrogen-bond acceptors (Lipinski definition) is 5. The van der Waals surface area contributed by atoms with Crippen molar-refractivity contribution in [1.29, 1.82) is 0 Å². The van der Waals surface area contributed by atoms with E-state index in [1.807, 2.05) is 0 Å². The zero-order valence-electron chi connectivity index (χ0n) is 16.9. The molecule has 1 heterocycles. The number of hydrogen-bond donors (Lipinski definition) is 1. The van der Waals surface area contributed by atoms with Crippen molar-refractivity contribution in [2.45, 2.75) is 10.9 Å². The van der Waals surface area contributed by atoms with Crippen molar-refractivity contribution < 1.29 is 22.4 Å². The third-order valence-corrected chi connectivity index (χ3v) is 6.84. The van der Waals surface area contributed by atoms with Crippen molar-refractivity contribution in [3.63, 3.8) is 0 Å². The average molecular weight is 467 g/mol. The molecule has 1 N–H and O–H groups in total. The van der Waals surface area contributed by atoms with Gasteiger partial charge in [-0.15, -0.1) is 0 Å². The first-order chi connectivity index (χ1) is 14.7. The van der Waals surface area contributed by atoms with E-state index in [-0.39, 0.29) is 21.0 Å². The molecule has 1 amide bonds. The lowest BCUT2D eigenvalue weighted by Gasteiger charge is -2.20. The number of aromatic nitrogens is 2. The van der Waals surface area contributed by atoms with Crippen LogP contribution in [0.5, 0.6) is 0 Å². The van der Waals surface area contributed by atoms with Crippen LogP contribution in [0.2, 0.25) is 5.02 Å². The highest BCUT2D eigenvalue weighted by Crippen LogP contribution is 2.27. The average Bonchev–Trinajstić information content (AvgIpc) is 3.17. The van der Waals surface area contributed by atoms with Crippen LogP contribution in [-0.4, -0.2) is 42.5 Å². The molecular weight excluding hydrogens is 447 g/mol. The van der Waals surface area contributed by atoms with Crippen LogP contribution in [0.4, 0.5) is 4.39 Å². The van der Waals surface area contributed by atoms with Crippen LogP contribution in [0.3, 0.4) is 0 Å². The van der Waals surface area contributed by atoms with Crippen LogP contribution in [0.1, 0.15) is 27.8 Å². The molecule has 1 atom stereocenters. The molecule has 164 valence electrons. The molecule has 0 saturated carbocycles. The van der Waals surface area contributed by atoms with Gasteiger partial charge in [-0.2, -0.15) is 0 Å². The number of nitrogens with one attached hydrogen (secondary N) is 1. The second-order valence-corrected chi connectivity index (χ2v) is 8.88. The fourth-order valence-electron chi connectivity index (χ4n) is 2.94. The number of rotatable bonds is 7. The van der Waals surface area contributed by atoms with Gasteiger partial charge in [0.15, 0.2) is 0 Å². The minimum atomic E-state index is -4.09. The molecule has 3 rings (SSSR count). The van der Waals surface area contributed by atoms with E-state index < -0.39 is 27.8 Å². The second-order valence-electron chi connectivity index (χ2n) is 6.57. The Morgan fingerprint density at radius 1 is 1.29 bits per heavy atom. The number of carbonyl (C=O) groups is 1. The summed E-state index contributed by atoms with van der Waals surface area (Å²) in [6.07, 6.45) is 3.20. The number of hydroxylamine groups is 1. The SMILES string of the molecule is CON(C)S(=O)(=O)c1cc(C(=O)N[C@H](c2ccccc2F)c2nccn2C)ccc1Cl. The maximum atomic E-state index is 14.5. The van der Waals surface area contributed by atoms with Crippen molar-refractivity contribution in [2.24, 2.45) is 7.05 Å². The predicted octanol–water partition coefficient (Wildman–Crippen LogP) is 2.91. The Bertz CT molecular complexity index is 1220. The Hall–Kier alpha value is -2.79. The molecule has 0 spiro atoms. The number of nitrogens with zero attached hydrogens (tertiary/aromatic N) is 3. The van der Waals surface area contributed by atoms with Gasteiger partial charge in [0.25, 0.3) is 15.9 Å². The van der Waals surface area contributed by atoms with E-state index in [9.17, 15) is 17.6 Å². The summed E-state index contributed by atoms with van der Waals surface area (Å²) in [6, 6.07) is 8.91. The van der Waals surface area contributed by atoms with Crippen LogP contribution < -0.4 is 5.32 Å². The summed E-state index contributed by atoms with van der Waals surface area (Å²) in [4.78, 5) is 21.7. The van der Waals surface area contributed by atoms with Gasteiger partial charge in [-0.3, -0.25) is 9.63 Å². The highest BCUT2D eigenvalue weighted by molar-refractivity contribution is 7.89. The zero-order chi connectivity index (χ0) is 22.8. The largest absolute Gasteiger partial charge is 0.338 e. The number of sulfonamides is 1. The smallest absolute Gasteiger partial charge is 0.266 e. The van der Waals surface area contributed by atoms with Gasteiger partial charge >= 0.3 is 0 Å². The van der Waals surface area contributed by atoms with Crippen LogP contribution in [0.15, 0.2) is 59.8 Å². The standard InChI is InChI=1S/C20H20ClFN4O4S/c1-25-11-10-23-19(25)18(14-6-4-5-7-16(14)22)24-20(27)13-8-9-15(21)17(12-13)31(28,29)26(2)30-3/h4-12,18H,1-3H3,(H,24,27)/t18-/m1/s1. The molecule has 0 fully saturated rings. The van der Waals surface area contributed by atoms with Gasteiger partial charge in [-0.05, 0) is 24.3 Å². The van der Waals surface area contributed by atoms with E-state index >= 15 is 0 Å². The Morgan fingerprint density at radius 2 is 2.00 bits per heavy atom. The minimum Gasteiger partial charge on any atom is -0.338 e. The summed E-state index contributed by atoms with van der Waals surface area (Å²) in [5, 5.41) is 2.66. The Morgan fingerprint density at radius 3 is 2.61 bits per heavy atom. The van der Waals surface area contributed by atoms with Crippen LogP contribution in [-0.2, 0) is 21.9 Å². The summed E-state index contributed by atoms with van der Waals surface area (Å²) in [5.41, 5.74) is 0.231. The van der Waals surface area contributed by atoms with E-state index in [0.29, 0.717) is 10.3 Å². The van der Waals surface area contributed by atoms with Crippen LogP contribution in [0, 0.1) is 5.82 Å². The highest BCUT2D eigenvalue weighted by atomic mass is 35.5. The van der Waals surface area contributed by atoms with Gasteiger partial charge < -0.3 is 9.88 Å². The monoisotopic (exact) mass is 466 g/mol. The summed E-state index contributed by atoms with van der Waals surface area (Å²) >= 11 is 6.05. The van der Waals surface area contributed by atoms with Gasteiger partial charge in [0.2, 0.25) is 0 Å². The third kappa shape index (κ3) is 4.62. The first kappa shape index (κ1) is 22.9.